The van der Waals surface area contributed by atoms with Crippen LogP contribution >= 0.6 is 0 Å². The Morgan fingerprint density at radius 2 is 1.68 bits per heavy atom. The van der Waals surface area contributed by atoms with E-state index in [1.165, 1.54) is 0 Å². The van der Waals surface area contributed by atoms with Gasteiger partial charge in [0.1, 0.15) is 0 Å². The molecule has 98 valence electrons. The maximum absolute atomic E-state index is 13.3. The van der Waals surface area contributed by atoms with Crippen LogP contribution in [0.15, 0.2) is 36.4 Å². The number of nitrogens with one attached hydrogen (secondary N) is 1. The molecule has 0 saturated carbocycles. The summed E-state index contributed by atoms with van der Waals surface area (Å²) in [6.45, 7) is 0.724. The van der Waals surface area contributed by atoms with Gasteiger partial charge in [-0.1, -0.05) is 18.2 Å². The van der Waals surface area contributed by atoms with Crippen molar-refractivity contribution < 1.29 is 13.2 Å². The maximum atomic E-state index is 13.3. The number of hydrogen-bond acceptors (Lipinski definition) is 1. The zero-order valence-electron chi connectivity index (χ0n) is 10.1. The molecule has 0 fully saturated rings. The van der Waals surface area contributed by atoms with Gasteiger partial charge in [0.15, 0.2) is 17.5 Å². The first-order valence-electron chi connectivity index (χ1n) is 6.14. The summed E-state index contributed by atoms with van der Waals surface area (Å²) in [7, 11) is 0. The second-order valence-corrected chi connectivity index (χ2v) is 4.65. The Bertz CT molecular complexity index is 602. The van der Waals surface area contributed by atoms with Crippen LogP contribution in [0.5, 0.6) is 0 Å². The number of rotatable bonds is 1. The van der Waals surface area contributed by atoms with Crippen molar-refractivity contribution in [3.63, 3.8) is 0 Å². The average molecular weight is 263 g/mol. The Hall–Kier alpha value is -1.97. The van der Waals surface area contributed by atoms with E-state index in [4.69, 9.17) is 0 Å². The Labute approximate surface area is 109 Å². The highest BCUT2D eigenvalue weighted by atomic mass is 19.2. The Morgan fingerprint density at radius 3 is 2.42 bits per heavy atom. The predicted molar refractivity (Wildman–Crippen MR) is 67.7 cm³/mol. The van der Waals surface area contributed by atoms with Gasteiger partial charge in [0.25, 0.3) is 0 Å². The van der Waals surface area contributed by atoms with Gasteiger partial charge in [-0.05, 0) is 35.7 Å². The second kappa shape index (κ2) is 4.61. The number of fused-ring (bicyclic) bond motifs is 1. The predicted octanol–water partition coefficient (Wildman–Crippen LogP) is 4.05. The summed E-state index contributed by atoms with van der Waals surface area (Å²) < 4.78 is 39.7. The molecular formula is C15H12F3N. The lowest BCUT2D eigenvalue weighted by molar-refractivity contribution is 0.444. The minimum atomic E-state index is -1.41. The van der Waals surface area contributed by atoms with Gasteiger partial charge >= 0.3 is 0 Å². The third-order valence-corrected chi connectivity index (χ3v) is 3.49. The van der Waals surface area contributed by atoms with Crippen molar-refractivity contribution in [3.05, 3.63) is 65.0 Å². The lowest BCUT2D eigenvalue weighted by atomic mass is 9.85. The monoisotopic (exact) mass is 263 g/mol. The summed E-state index contributed by atoms with van der Waals surface area (Å²) in [4.78, 5) is 0. The van der Waals surface area contributed by atoms with Crippen LogP contribution < -0.4 is 5.32 Å². The number of halogens is 3. The molecular weight excluding hydrogens is 251 g/mol. The van der Waals surface area contributed by atoms with Crippen LogP contribution in [-0.2, 0) is 0 Å². The van der Waals surface area contributed by atoms with Crippen LogP contribution in [0.1, 0.15) is 23.5 Å². The zero-order chi connectivity index (χ0) is 13.4. The standard InChI is InChI=1S/C15H12F3N/c16-12-7-9(8-13(17)15(12)18)10-5-6-19-14-4-2-1-3-11(10)14/h1-4,7-8,10,19H,5-6H2. The van der Waals surface area contributed by atoms with Gasteiger partial charge in [-0.3, -0.25) is 0 Å². The van der Waals surface area contributed by atoms with Gasteiger partial charge in [0.2, 0.25) is 0 Å². The normalized spacial score (nSPS) is 17.7. The molecule has 3 rings (SSSR count). The topological polar surface area (TPSA) is 12.0 Å². The van der Waals surface area contributed by atoms with Crippen LogP contribution in [-0.4, -0.2) is 6.54 Å². The molecule has 0 bridgehead atoms. The third-order valence-electron chi connectivity index (χ3n) is 3.49. The average Bonchev–Trinajstić information content (AvgIpc) is 2.43. The van der Waals surface area contributed by atoms with Gasteiger partial charge in [-0.2, -0.15) is 0 Å². The second-order valence-electron chi connectivity index (χ2n) is 4.65. The highest BCUT2D eigenvalue weighted by molar-refractivity contribution is 5.57. The van der Waals surface area contributed by atoms with Crippen molar-refractivity contribution in [2.24, 2.45) is 0 Å². The van der Waals surface area contributed by atoms with E-state index in [0.717, 1.165) is 36.3 Å². The van der Waals surface area contributed by atoms with Gasteiger partial charge in [0.05, 0.1) is 0 Å². The molecule has 1 N–H and O–H groups in total. The molecule has 2 aromatic rings. The van der Waals surface area contributed by atoms with E-state index >= 15 is 0 Å². The quantitative estimate of drug-likeness (QED) is 0.765. The van der Waals surface area contributed by atoms with E-state index in [1.54, 1.807) is 0 Å². The highest BCUT2D eigenvalue weighted by Gasteiger charge is 2.23. The van der Waals surface area contributed by atoms with Crippen molar-refractivity contribution in [2.75, 3.05) is 11.9 Å². The summed E-state index contributed by atoms with van der Waals surface area (Å²) in [5.41, 5.74) is 2.42. The van der Waals surface area contributed by atoms with Gasteiger partial charge in [-0.15, -0.1) is 0 Å². The summed E-state index contributed by atoms with van der Waals surface area (Å²) >= 11 is 0. The Balaban J connectivity index is 2.09. The number of hydrogen-bond donors (Lipinski definition) is 1. The lowest BCUT2D eigenvalue weighted by Crippen LogP contribution is -2.18. The molecule has 0 saturated heterocycles. The molecule has 19 heavy (non-hydrogen) atoms. The van der Waals surface area contributed by atoms with E-state index in [-0.39, 0.29) is 5.92 Å². The van der Waals surface area contributed by atoms with Crippen molar-refractivity contribution in [1.29, 1.82) is 0 Å². The van der Waals surface area contributed by atoms with Gasteiger partial charge in [-0.25, -0.2) is 13.2 Å². The van der Waals surface area contributed by atoms with Crippen molar-refractivity contribution in [1.82, 2.24) is 0 Å². The van der Waals surface area contributed by atoms with E-state index in [1.807, 2.05) is 24.3 Å². The molecule has 1 aliphatic heterocycles. The van der Waals surface area contributed by atoms with Gasteiger partial charge in [0, 0.05) is 18.2 Å². The lowest BCUT2D eigenvalue weighted by Gasteiger charge is -2.27. The van der Waals surface area contributed by atoms with Crippen molar-refractivity contribution in [3.8, 4) is 0 Å². The fourth-order valence-electron chi connectivity index (χ4n) is 2.59. The summed E-state index contributed by atoms with van der Waals surface area (Å²) in [5.74, 6) is -3.79. The first-order chi connectivity index (χ1) is 9.16. The highest BCUT2D eigenvalue weighted by Crippen LogP contribution is 2.37. The van der Waals surface area contributed by atoms with Crippen LogP contribution in [0.2, 0.25) is 0 Å². The fourth-order valence-corrected chi connectivity index (χ4v) is 2.59. The number of para-hydroxylation sites is 1. The van der Waals surface area contributed by atoms with Crippen molar-refractivity contribution >= 4 is 5.69 Å². The molecule has 2 aromatic carbocycles. The molecule has 0 radical (unpaired) electrons. The molecule has 0 aliphatic carbocycles. The maximum Gasteiger partial charge on any atom is 0.194 e. The molecule has 0 amide bonds. The largest absolute Gasteiger partial charge is 0.385 e. The molecule has 1 atom stereocenters. The van der Waals surface area contributed by atoms with E-state index < -0.39 is 17.5 Å². The summed E-state index contributed by atoms with van der Waals surface area (Å²) in [6, 6.07) is 9.81. The van der Waals surface area contributed by atoms with Crippen LogP contribution in [0, 0.1) is 17.5 Å². The molecule has 1 heterocycles. The Kier molecular flexibility index (Phi) is 2.93. The van der Waals surface area contributed by atoms with Crippen LogP contribution in [0.3, 0.4) is 0 Å². The SMILES string of the molecule is Fc1cc(C2CCNc3ccccc32)cc(F)c1F. The third kappa shape index (κ3) is 2.07. The van der Waals surface area contributed by atoms with E-state index in [9.17, 15) is 13.2 Å². The fraction of sp³-hybridized carbons (Fsp3) is 0.200. The molecule has 0 aromatic heterocycles. The minimum Gasteiger partial charge on any atom is -0.385 e. The number of anilines is 1. The molecule has 1 aliphatic rings. The van der Waals surface area contributed by atoms with Crippen LogP contribution in [0.25, 0.3) is 0 Å². The van der Waals surface area contributed by atoms with Crippen molar-refractivity contribution in [2.45, 2.75) is 12.3 Å². The molecule has 4 heteroatoms. The first-order valence-corrected chi connectivity index (χ1v) is 6.14. The van der Waals surface area contributed by atoms with Crippen LogP contribution in [0.4, 0.5) is 18.9 Å². The van der Waals surface area contributed by atoms with Gasteiger partial charge < -0.3 is 5.32 Å². The Morgan fingerprint density at radius 1 is 1.00 bits per heavy atom. The summed E-state index contributed by atoms with van der Waals surface area (Å²) in [5, 5.41) is 3.24. The van der Waals surface area contributed by atoms with E-state index in [0.29, 0.717) is 5.56 Å². The molecule has 1 unspecified atom stereocenters. The number of benzene rings is 2. The smallest absolute Gasteiger partial charge is 0.194 e. The minimum absolute atomic E-state index is 0.109. The first kappa shape index (κ1) is 12.1. The summed E-state index contributed by atoms with van der Waals surface area (Å²) in [6.07, 6.45) is 0.724. The molecule has 1 nitrogen and oxygen atoms in total. The zero-order valence-corrected chi connectivity index (χ0v) is 10.1. The molecule has 0 spiro atoms. The van der Waals surface area contributed by atoms with E-state index in [2.05, 4.69) is 5.32 Å².